The lowest BCUT2D eigenvalue weighted by Crippen LogP contribution is -1.62. The van der Waals surface area contributed by atoms with Crippen LogP contribution in [-0.2, 0) is 0 Å². The Hall–Kier alpha value is -0.980. The van der Waals surface area contributed by atoms with Crippen LogP contribution in [0.5, 0.6) is 5.75 Å². The van der Waals surface area contributed by atoms with Crippen LogP contribution in [0.2, 0.25) is 0 Å². The molecule has 13 heavy (non-hydrogen) atoms. The van der Waals surface area contributed by atoms with Gasteiger partial charge in [0.05, 0.1) is 0 Å². The number of hydrogen-bond acceptors (Lipinski definition) is 2. The molecule has 1 N–H and O–H groups in total. The third-order valence-corrected chi connectivity index (χ3v) is 1.15. The van der Waals surface area contributed by atoms with E-state index in [9.17, 15) is 0 Å². The Morgan fingerprint density at radius 3 is 1.31 bits per heavy atom. The van der Waals surface area contributed by atoms with E-state index in [0.29, 0.717) is 0 Å². The number of hydrogen-bond donors (Lipinski definition) is 2. The van der Waals surface area contributed by atoms with Crippen molar-refractivity contribution in [2.24, 2.45) is 0 Å². The Morgan fingerprint density at radius 1 is 0.769 bits per heavy atom. The lowest BCUT2D eigenvalue weighted by Gasteiger charge is -1.88. The molecular formula is C6H11F5OS. The lowest BCUT2D eigenvalue weighted by molar-refractivity contribution is 0.475. The molecule has 82 valence electrons. The van der Waals surface area contributed by atoms with Crippen LogP contribution in [0.15, 0.2) is 29.2 Å². The summed E-state index contributed by atoms with van der Waals surface area (Å²) in [4.78, 5) is 0.864. The van der Waals surface area contributed by atoms with Crippen LogP contribution < -0.4 is 0 Å². The van der Waals surface area contributed by atoms with E-state index in [-0.39, 0.29) is 29.3 Å². The van der Waals surface area contributed by atoms with Gasteiger partial charge in [-0.25, -0.2) is 0 Å². The molecule has 0 aromatic heterocycles. The quantitative estimate of drug-likeness (QED) is 0.514. The Kier molecular flexibility index (Phi) is 31.0. The van der Waals surface area contributed by atoms with Crippen LogP contribution in [0.4, 0.5) is 23.5 Å². The van der Waals surface area contributed by atoms with Crippen molar-refractivity contribution in [1.29, 1.82) is 0 Å². The van der Waals surface area contributed by atoms with E-state index in [1.807, 2.05) is 0 Å². The second-order valence-electron chi connectivity index (χ2n) is 1.52. The van der Waals surface area contributed by atoms with Gasteiger partial charge in [-0.1, -0.05) is 0 Å². The summed E-state index contributed by atoms with van der Waals surface area (Å²) in [5.41, 5.74) is 0. The summed E-state index contributed by atoms with van der Waals surface area (Å²) in [6, 6.07) is 6.67. The molecule has 0 bridgehead atoms. The minimum Gasteiger partial charge on any atom is -0.508 e. The van der Waals surface area contributed by atoms with Crippen molar-refractivity contribution < 1.29 is 28.6 Å². The maximum Gasteiger partial charge on any atom is 0.115 e. The first kappa shape index (κ1) is 29.6. The van der Waals surface area contributed by atoms with Gasteiger partial charge in [0.2, 0.25) is 0 Å². The van der Waals surface area contributed by atoms with Gasteiger partial charge >= 0.3 is 0 Å². The molecule has 0 aliphatic heterocycles. The number of benzene rings is 1. The smallest absolute Gasteiger partial charge is 0.115 e. The Balaban J connectivity index is -0.0000000427. The van der Waals surface area contributed by atoms with Crippen LogP contribution in [0.3, 0.4) is 0 Å². The fourth-order valence-electron chi connectivity index (χ4n) is 0.453. The predicted molar refractivity (Wildman–Crippen MR) is 47.9 cm³/mol. The summed E-state index contributed by atoms with van der Waals surface area (Å²) in [5, 5.41) is 8.72. The van der Waals surface area contributed by atoms with Gasteiger partial charge < -0.3 is 5.11 Å². The van der Waals surface area contributed by atoms with Gasteiger partial charge in [-0.15, -0.1) is 12.6 Å². The molecule has 0 aliphatic rings. The van der Waals surface area contributed by atoms with Gasteiger partial charge in [0.25, 0.3) is 0 Å². The molecular weight excluding hydrogens is 215 g/mol. The number of phenolic OH excluding ortho intramolecular Hbond substituents is 1. The van der Waals surface area contributed by atoms with Crippen molar-refractivity contribution >= 4 is 12.6 Å². The fraction of sp³-hybridized carbons (Fsp3) is 0. The van der Waals surface area contributed by atoms with Crippen molar-refractivity contribution in [2.45, 2.75) is 4.90 Å². The van der Waals surface area contributed by atoms with E-state index in [2.05, 4.69) is 12.6 Å². The Labute approximate surface area is 77.0 Å². The molecule has 1 rings (SSSR count). The van der Waals surface area contributed by atoms with Gasteiger partial charge in [0, 0.05) is 4.90 Å². The number of halogens is 5. The first-order valence-corrected chi connectivity index (χ1v) is 2.72. The molecule has 0 fully saturated rings. The van der Waals surface area contributed by atoms with Crippen molar-refractivity contribution in [3.05, 3.63) is 24.3 Å². The maximum absolute atomic E-state index is 8.72. The first-order chi connectivity index (χ1) is 3.79. The SMILES string of the molecule is F.F.F.F.F.Oc1ccc(S)cc1. The molecule has 0 spiro atoms. The number of phenols is 1. The number of aromatic hydroxyl groups is 1. The molecule has 0 unspecified atom stereocenters. The highest BCUT2D eigenvalue weighted by Crippen LogP contribution is 2.11. The van der Waals surface area contributed by atoms with Crippen LogP contribution in [0, 0.1) is 0 Å². The molecule has 0 heterocycles. The summed E-state index contributed by atoms with van der Waals surface area (Å²) in [7, 11) is 0. The van der Waals surface area contributed by atoms with E-state index in [1.165, 1.54) is 0 Å². The average molecular weight is 226 g/mol. The lowest BCUT2D eigenvalue weighted by atomic mass is 10.3. The summed E-state index contributed by atoms with van der Waals surface area (Å²) in [6.07, 6.45) is 0. The Bertz CT molecular complexity index is 160. The Morgan fingerprint density at radius 2 is 1.08 bits per heavy atom. The van der Waals surface area contributed by atoms with E-state index in [4.69, 9.17) is 5.11 Å². The summed E-state index contributed by atoms with van der Waals surface area (Å²) >= 11 is 4.02. The molecule has 1 aromatic rings. The van der Waals surface area contributed by atoms with E-state index in [1.54, 1.807) is 24.3 Å². The van der Waals surface area contributed by atoms with E-state index in [0.717, 1.165) is 4.90 Å². The molecule has 7 heteroatoms. The molecule has 0 amide bonds. The molecule has 0 radical (unpaired) electrons. The van der Waals surface area contributed by atoms with Gasteiger partial charge in [-0.05, 0) is 24.3 Å². The molecule has 0 saturated heterocycles. The van der Waals surface area contributed by atoms with Crippen molar-refractivity contribution in [3.8, 4) is 5.75 Å². The highest BCUT2D eigenvalue weighted by atomic mass is 32.1. The second kappa shape index (κ2) is 13.6. The summed E-state index contributed by atoms with van der Waals surface area (Å²) in [5.74, 6) is 0.280. The third kappa shape index (κ3) is 11.0. The summed E-state index contributed by atoms with van der Waals surface area (Å²) < 4.78 is 0. The van der Waals surface area contributed by atoms with Gasteiger partial charge in [-0.3, -0.25) is 23.5 Å². The van der Waals surface area contributed by atoms with E-state index >= 15 is 0 Å². The maximum atomic E-state index is 8.72. The van der Waals surface area contributed by atoms with Crippen LogP contribution in [0.25, 0.3) is 0 Å². The molecule has 0 aliphatic carbocycles. The molecule has 0 atom stereocenters. The fourth-order valence-corrected chi connectivity index (χ4v) is 0.602. The zero-order valence-corrected chi connectivity index (χ0v) is 7.14. The predicted octanol–water partition coefficient (Wildman–Crippen LogP) is 2.44. The van der Waals surface area contributed by atoms with E-state index < -0.39 is 0 Å². The van der Waals surface area contributed by atoms with Crippen LogP contribution >= 0.6 is 12.6 Å². The largest absolute Gasteiger partial charge is 0.508 e. The van der Waals surface area contributed by atoms with Gasteiger partial charge in [0.15, 0.2) is 0 Å². The third-order valence-electron chi connectivity index (χ3n) is 0.850. The standard InChI is InChI=1S/C6H6OS.5FH/c7-5-1-3-6(8)4-2-5;;;;;/h1-4,7-8H;5*1H. The summed E-state index contributed by atoms with van der Waals surface area (Å²) in [6.45, 7) is 0. The van der Waals surface area contributed by atoms with Crippen LogP contribution in [-0.4, -0.2) is 5.11 Å². The molecule has 1 nitrogen and oxygen atoms in total. The van der Waals surface area contributed by atoms with Crippen molar-refractivity contribution in [2.75, 3.05) is 0 Å². The number of thiol groups is 1. The average Bonchev–Trinajstić information content (AvgIpc) is 1.77. The first-order valence-electron chi connectivity index (χ1n) is 2.27. The monoisotopic (exact) mass is 226 g/mol. The zero-order chi connectivity index (χ0) is 5.98. The second-order valence-corrected chi connectivity index (χ2v) is 2.03. The highest BCUT2D eigenvalue weighted by Gasteiger charge is 1.82. The number of rotatable bonds is 0. The van der Waals surface area contributed by atoms with Gasteiger partial charge in [-0.2, -0.15) is 0 Å². The van der Waals surface area contributed by atoms with Crippen molar-refractivity contribution in [3.63, 3.8) is 0 Å². The minimum absolute atomic E-state index is 0. The molecule has 0 saturated carbocycles. The van der Waals surface area contributed by atoms with Crippen LogP contribution in [0.1, 0.15) is 0 Å². The van der Waals surface area contributed by atoms with Crippen molar-refractivity contribution in [1.82, 2.24) is 0 Å². The van der Waals surface area contributed by atoms with Gasteiger partial charge in [0.1, 0.15) is 5.75 Å². The zero-order valence-electron chi connectivity index (χ0n) is 6.25. The highest BCUT2D eigenvalue weighted by molar-refractivity contribution is 7.80. The normalized spacial score (nSPS) is 5.62. The molecule has 1 aromatic carbocycles. The minimum atomic E-state index is 0. The topological polar surface area (TPSA) is 20.2 Å².